The lowest BCUT2D eigenvalue weighted by Crippen LogP contribution is -2.62. The van der Waals surface area contributed by atoms with Crippen LogP contribution in [0.2, 0.25) is 0 Å². The minimum absolute atomic E-state index is 0.232. The number of hydrogen-bond donors (Lipinski definition) is 3. The van der Waals surface area contributed by atoms with Crippen molar-refractivity contribution in [1.82, 2.24) is 10.2 Å². The number of fused-ring (bicyclic) bond motifs is 1. The Balaban J connectivity index is 1.95. The molecule has 1 saturated heterocycles. The van der Waals surface area contributed by atoms with Crippen LogP contribution in [0.4, 0.5) is 0 Å². The summed E-state index contributed by atoms with van der Waals surface area (Å²) in [5, 5.41) is 22.8. The van der Waals surface area contributed by atoms with E-state index in [9.17, 15) is 19.8 Å². The van der Waals surface area contributed by atoms with Gasteiger partial charge < -0.3 is 10.2 Å². The van der Waals surface area contributed by atoms with Crippen LogP contribution >= 0.6 is 0 Å². The van der Waals surface area contributed by atoms with Crippen LogP contribution in [0.1, 0.15) is 20.7 Å². The van der Waals surface area contributed by atoms with Crippen LogP contribution in [0.15, 0.2) is 36.4 Å². The first-order chi connectivity index (χ1) is 9.52. The van der Waals surface area contributed by atoms with Crippen LogP contribution in [-0.4, -0.2) is 51.8 Å². The molecule has 2 aliphatic heterocycles. The van der Waals surface area contributed by atoms with E-state index in [1.54, 1.807) is 24.3 Å². The molecular weight excluding hydrogens is 260 g/mol. The van der Waals surface area contributed by atoms with Crippen LogP contribution in [-0.2, 0) is 0 Å². The van der Waals surface area contributed by atoms with Gasteiger partial charge in [0.2, 0.25) is 0 Å². The smallest absolute Gasteiger partial charge is 0.262 e. The number of imide groups is 1. The normalized spacial score (nSPS) is 29.8. The standard InChI is InChI=1S/C14H14N2O4/c1-7-6-15-12(11(18)10(7)17)16-13(19)8-4-2-3-5-9(8)14(16)20/h2-5,10-12,15,17-18H,1,6H2. The Labute approximate surface area is 115 Å². The third-order valence-electron chi connectivity index (χ3n) is 3.71. The number of carbonyl (C=O) groups is 2. The Kier molecular flexibility index (Phi) is 2.93. The van der Waals surface area contributed by atoms with Gasteiger partial charge >= 0.3 is 0 Å². The molecule has 3 N–H and O–H groups in total. The van der Waals surface area contributed by atoms with E-state index in [4.69, 9.17) is 0 Å². The molecule has 2 aliphatic rings. The Bertz CT molecular complexity index is 578. The Morgan fingerprint density at radius 3 is 2.25 bits per heavy atom. The van der Waals surface area contributed by atoms with Crippen molar-refractivity contribution in [3.63, 3.8) is 0 Å². The number of piperidine rings is 1. The predicted octanol–water partition coefficient (Wildman–Crippen LogP) is -0.510. The quantitative estimate of drug-likeness (QED) is 0.474. The van der Waals surface area contributed by atoms with Crippen LogP contribution in [0.25, 0.3) is 0 Å². The third kappa shape index (κ3) is 1.70. The van der Waals surface area contributed by atoms with Crippen molar-refractivity contribution in [1.29, 1.82) is 0 Å². The molecule has 2 heterocycles. The number of nitrogens with one attached hydrogen (secondary N) is 1. The van der Waals surface area contributed by atoms with E-state index < -0.39 is 30.2 Å². The molecule has 3 rings (SSSR count). The molecule has 1 fully saturated rings. The van der Waals surface area contributed by atoms with Crippen LogP contribution in [0.3, 0.4) is 0 Å². The second-order valence-electron chi connectivity index (χ2n) is 4.95. The van der Waals surface area contributed by atoms with Gasteiger partial charge in [0.1, 0.15) is 18.4 Å². The molecule has 0 aromatic heterocycles. The maximum atomic E-state index is 12.3. The molecule has 1 aromatic rings. The first-order valence-corrected chi connectivity index (χ1v) is 6.26. The maximum Gasteiger partial charge on any atom is 0.262 e. The summed E-state index contributed by atoms with van der Waals surface area (Å²) in [6.45, 7) is 3.86. The van der Waals surface area contributed by atoms with Crippen molar-refractivity contribution in [3.8, 4) is 0 Å². The fraction of sp³-hybridized carbons (Fsp3) is 0.286. The number of rotatable bonds is 1. The third-order valence-corrected chi connectivity index (χ3v) is 3.71. The average Bonchev–Trinajstić information content (AvgIpc) is 2.70. The van der Waals surface area contributed by atoms with Gasteiger partial charge in [-0.25, -0.2) is 0 Å². The van der Waals surface area contributed by atoms with Gasteiger partial charge in [-0.05, 0) is 17.7 Å². The van der Waals surface area contributed by atoms with Crippen LogP contribution in [0, 0.1) is 0 Å². The van der Waals surface area contributed by atoms with Gasteiger partial charge in [0.15, 0.2) is 0 Å². The van der Waals surface area contributed by atoms with E-state index in [0.29, 0.717) is 16.7 Å². The van der Waals surface area contributed by atoms with E-state index in [0.717, 1.165) is 4.90 Å². The highest BCUT2D eigenvalue weighted by Crippen LogP contribution is 2.27. The van der Waals surface area contributed by atoms with Crippen LogP contribution < -0.4 is 5.32 Å². The van der Waals surface area contributed by atoms with E-state index in [1.807, 2.05) is 0 Å². The van der Waals surface area contributed by atoms with Gasteiger partial charge in [0.05, 0.1) is 11.1 Å². The summed E-state index contributed by atoms with van der Waals surface area (Å²) < 4.78 is 0. The van der Waals surface area contributed by atoms with Gasteiger partial charge in [0.25, 0.3) is 11.8 Å². The van der Waals surface area contributed by atoms with Gasteiger partial charge in [-0.1, -0.05) is 18.7 Å². The molecule has 3 unspecified atom stereocenters. The van der Waals surface area contributed by atoms with Crippen molar-refractivity contribution in [2.45, 2.75) is 18.4 Å². The minimum atomic E-state index is -1.29. The zero-order chi connectivity index (χ0) is 14.4. The molecule has 6 nitrogen and oxygen atoms in total. The number of hydrogen-bond acceptors (Lipinski definition) is 5. The van der Waals surface area contributed by atoms with Crippen LogP contribution in [0.5, 0.6) is 0 Å². The largest absolute Gasteiger partial charge is 0.386 e. The lowest BCUT2D eigenvalue weighted by Gasteiger charge is -2.38. The predicted molar refractivity (Wildman–Crippen MR) is 69.9 cm³/mol. The molecule has 2 amide bonds. The van der Waals surface area contributed by atoms with E-state index >= 15 is 0 Å². The molecule has 104 valence electrons. The fourth-order valence-corrected chi connectivity index (χ4v) is 2.58. The van der Waals surface area contributed by atoms with Crippen molar-refractivity contribution >= 4 is 11.8 Å². The number of carbonyl (C=O) groups excluding carboxylic acids is 2. The summed E-state index contributed by atoms with van der Waals surface area (Å²) in [6.07, 6.45) is -3.41. The number of amides is 2. The molecule has 6 heteroatoms. The molecule has 0 radical (unpaired) electrons. The monoisotopic (exact) mass is 274 g/mol. The SMILES string of the molecule is C=C1CNC(N2C(=O)c3ccccc3C2=O)C(O)C1O. The summed E-state index contributed by atoms with van der Waals surface area (Å²) in [4.78, 5) is 25.5. The topological polar surface area (TPSA) is 89.9 Å². The maximum absolute atomic E-state index is 12.3. The minimum Gasteiger partial charge on any atom is -0.386 e. The van der Waals surface area contributed by atoms with Crippen molar-refractivity contribution in [2.24, 2.45) is 0 Å². The summed E-state index contributed by atoms with van der Waals surface area (Å²) >= 11 is 0. The number of benzene rings is 1. The molecule has 20 heavy (non-hydrogen) atoms. The van der Waals surface area contributed by atoms with Crippen molar-refractivity contribution in [2.75, 3.05) is 6.54 Å². The molecule has 0 spiro atoms. The number of nitrogens with zero attached hydrogens (tertiary/aromatic N) is 1. The molecular formula is C14H14N2O4. The summed E-state index contributed by atoms with van der Waals surface area (Å²) in [5.41, 5.74) is 1.04. The summed E-state index contributed by atoms with van der Waals surface area (Å²) in [7, 11) is 0. The average molecular weight is 274 g/mol. The summed E-state index contributed by atoms with van der Waals surface area (Å²) in [5.74, 6) is -0.941. The summed E-state index contributed by atoms with van der Waals surface area (Å²) in [6, 6.07) is 6.49. The number of aliphatic hydroxyl groups is 2. The first kappa shape index (κ1) is 13.0. The molecule has 0 bridgehead atoms. The Hall–Kier alpha value is -2.02. The molecule has 1 aromatic carbocycles. The fourth-order valence-electron chi connectivity index (χ4n) is 2.58. The van der Waals surface area contributed by atoms with Gasteiger partial charge in [0, 0.05) is 6.54 Å². The van der Waals surface area contributed by atoms with Crippen molar-refractivity contribution in [3.05, 3.63) is 47.5 Å². The number of aliphatic hydroxyl groups excluding tert-OH is 2. The second-order valence-corrected chi connectivity index (χ2v) is 4.95. The lowest BCUT2D eigenvalue weighted by molar-refractivity contribution is -0.0345. The lowest BCUT2D eigenvalue weighted by atomic mass is 9.98. The Morgan fingerprint density at radius 1 is 1.15 bits per heavy atom. The zero-order valence-electron chi connectivity index (χ0n) is 10.6. The molecule has 0 saturated carbocycles. The highest BCUT2D eigenvalue weighted by molar-refractivity contribution is 6.21. The molecule has 0 aliphatic carbocycles. The molecule has 3 atom stereocenters. The van der Waals surface area contributed by atoms with Gasteiger partial charge in [-0.15, -0.1) is 0 Å². The van der Waals surface area contributed by atoms with E-state index in [1.165, 1.54) is 0 Å². The van der Waals surface area contributed by atoms with Gasteiger partial charge in [-0.3, -0.25) is 19.8 Å². The zero-order valence-corrected chi connectivity index (χ0v) is 10.6. The second kappa shape index (κ2) is 4.52. The Morgan fingerprint density at radius 2 is 1.70 bits per heavy atom. The first-order valence-electron chi connectivity index (χ1n) is 6.26. The van der Waals surface area contributed by atoms with Crippen molar-refractivity contribution < 1.29 is 19.8 Å². The van der Waals surface area contributed by atoms with E-state index in [2.05, 4.69) is 11.9 Å². The van der Waals surface area contributed by atoms with E-state index in [-0.39, 0.29) is 6.54 Å². The van der Waals surface area contributed by atoms with Gasteiger partial charge in [-0.2, -0.15) is 0 Å². The highest BCUT2D eigenvalue weighted by Gasteiger charge is 2.45. The highest BCUT2D eigenvalue weighted by atomic mass is 16.3.